The van der Waals surface area contributed by atoms with Crippen molar-refractivity contribution in [2.45, 2.75) is 32.7 Å². The molecule has 0 bridgehead atoms. The zero-order valence-electron chi connectivity index (χ0n) is 9.92. The van der Waals surface area contributed by atoms with Crippen molar-refractivity contribution < 1.29 is 0 Å². The zero-order chi connectivity index (χ0) is 12.3. The predicted molar refractivity (Wildman–Crippen MR) is 76.8 cm³/mol. The summed E-state index contributed by atoms with van der Waals surface area (Å²) < 4.78 is 3.37. The third-order valence-electron chi connectivity index (χ3n) is 2.89. The first-order valence-electron chi connectivity index (χ1n) is 5.97. The molecule has 0 amide bonds. The van der Waals surface area contributed by atoms with E-state index in [1.807, 2.05) is 0 Å². The van der Waals surface area contributed by atoms with Gasteiger partial charge in [-0.2, -0.15) is 0 Å². The molecule has 0 fully saturated rings. The Labute approximate surface area is 115 Å². The van der Waals surface area contributed by atoms with Crippen molar-refractivity contribution >= 4 is 38.6 Å². The van der Waals surface area contributed by atoms with Gasteiger partial charge in [0.25, 0.3) is 0 Å². The molecule has 4 heteroatoms. The van der Waals surface area contributed by atoms with Crippen molar-refractivity contribution in [2.24, 2.45) is 0 Å². The van der Waals surface area contributed by atoms with Gasteiger partial charge in [-0.3, -0.25) is 0 Å². The Hall–Kier alpha value is -0.540. The van der Waals surface area contributed by atoms with Crippen LogP contribution in [0.5, 0.6) is 0 Å². The van der Waals surface area contributed by atoms with E-state index in [0.717, 1.165) is 41.7 Å². The number of halogens is 2. The summed E-state index contributed by atoms with van der Waals surface area (Å²) in [7, 11) is 0. The van der Waals surface area contributed by atoms with Crippen molar-refractivity contribution in [2.75, 3.05) is 5.88 Å². The number of hydrogen-bond acceptors (Lipinski definition) is 1. The van der Waals surface area contributed by atoms with Gasteiger partial charge in [0.1, 0.15) is 5.82 Å². The molecule has 2 aromatic rings. The van der Waals surface area contributed by atoms with Gasteiger partial charge in [0.05, 0.1) is 11.0 Å². The van der Waals surface area contributed by atoms with E-state index < -0.39 is 0 Å². The first-order valence-corrected chi connectivity index (χ1v) is 7.29. The van der Waals surface area contributed by atoms with E-state index in [1.165, 1.54) is 11.3 Å². The molecular formula is C13H16BrClN2. The van der Waals surface area contributed by atoms with Crippen LogP contribution in [-0.4, -0.2) is 15.4 Å². The molecule has 0 saturated heterocycles. The standard InChI is InChI=1S/C13H16BrClN2/c1-2-17-12-7-6-10(14)9-11(12)16-13(17)5-3-4-8-15/h6-7,9H,2-5,8H2,1H3. The summed E-state index contributed by atoms with van der Waals surface area (Å²) in [5.74, 6) is 1.91. The Morgan fingerprint density at radius 2 is 2.18 bits per heavy atom. The average molecular weight is 316 g/mol. The van der Waals surface area contributed by atoms with Gasteiger partial charge in [0.2, 0.25) is 0 Å². The SMILES string of the molecule is CCn1c(CCCCCl)nc2cc(Br)ccc21. The molecule has 1 heterocycles. The lowest BCUT2D eigenvalue weighted by atomic mass is 10.2. The third-order valence-corrected chi connectivity index (χ3v) is 3.65. The van der Waals surface area contributed by atoms with Gasteiger partial charge < -0.3 is 4.57 Å². The average Bonchev–Trinajstić information content (AvgIpc) is 2.66. The van der Waals surface area contributed by atoms with E-state index in [0.29, 0.717) is 0 Å². The summed E-state index contributed by atoms with van der Waals surface area (Å²) >= 11 is 9.19. The Kier molecular flexibility index (Phi) is 4.46. The Bertz CT molecular complexity index is 507. The molecule has 0 aliphatic carbocycles. The second-order valence-electron chi connectivity index (χ2n) is 4.05. The van der Waals surface area contributed by atoms with E-state index in [-0.39, 0.29) is 0 Å². The maximum Gasteiger partial charge on any atom is 0.109 e. The van der Waals surface area contributed by atoms with Crippen LogP contribution >= 0.6 is 27.5 Å². The van der Waals surface area contributed by atoms with Crippen molar-refractivity contribution in [1.82, 2.24) is 9.55 Å². The van der Waals surface area contributed by atoms with Gasteiger partial charge in [0, 0.05) is 23.3 Å². The van der Waals surface area contributed by atoms with E-state index in [2.05, 4.69) is 45.6 Å². The highest BCUT2D eigenvalue weighted by molar-refractivity contribution is 9.10. The summed E-state index contributed by atoms with van der Waals surface area (Å²) in [4.78, 5) is 4.71. The lowest BCUT2D eigenvalue weighted by Crippen LogP contribution is -2.01. The quantitative estimate of drug-likeness (QED) is 0.591. The van der Waals surface area contributed by atoms with Crippen LogP contribution in [0.1, 0.15) is 25.6 Å². The van der Waals surface area contributed by atoms with Gasteiger partial charge >= 0.3 is 0 Å². The van der Waals surface area contributed by atoms with E-state index in [4.69, 9.17) is 16.6 Å². The van der Waals surface area contributed by atoms with E-state index >= 15 is 0 Å². The number of nitrogens with zero attached hydrogens (tertiary/aromatic N) is 2. The van der Waals surface area contributed by atoms with Crippen LogP contribution in [0.25, 0.3) is 11.0 Å². The van der Waals surface area contributed by atoms with Gasteiger partial charge in [-0.1, -0.05) is 15.9 Å². The second kappa shape index (κ2) is 5.87. The van der Waals surface area contributed by atoms with Gasteiger partial charge in [-0.15, -0.1) is 11.6 Å². The van der Waals surface area contributed by atoms with Crippen molar-refractivity contribution in [3.05, 3.63) is 28.5 Å². The molecule has 0 aliphatic heterocycles. The van der Waals surface area contributed by atoms with Crippen LogP contribution < -0.4 is 0 Å². The second-order valence-corrected chi connectivity index (χ2v) is 5.35. The minimum atomic E-state index is 0.734. The number of aryl methyl sites for hydroxylation is 2. The smallest absolute Gasteiger partial charge is 0.109 e. The van der Waals surface area contributed by atoms with E-state index in [9.17, 15) is 0 Å². The molecule has 0 spiro atoms. The molecule has 0 aliphatic rings. The van der Waals surface area contributed by atoms with Crippen LogP contribution in [0, 0.1) is 0 Å². The number of hydrogen-bond donors (Lipinski definition) is 0. The minimum absolute atomic E-state index is 0.734. The molecule has 0 N–H and O–H groups in total. The maximum absolute atomic E-state index is 5.71. The fraction of sp³-hybridized carbons (Fsp3) is 0.462. The largest absolute Gasteiger partial charge is 0.328 e. The number of rotatable bonds is 5. The minimum Gasteiger partial charge on any atom is -0.328 e. The first-order chi connectivity index (χ1) is 8.26. The Morgan fingerprint density at radius 1 is 1.35 bits per heavy atom. The molecule has 17 heavy (non-hydrogen) atoms. The molecule has 2 nitrogen and oxygen atoms in total. The summed E-state index contributed by atoms with van der Waals surface area (Å²) in [5.41, 5.74) is 2.29. The monoisotopic (exact) mass is 314 g/mol. The number of aromatic nitrogens is 2. The summed E-state index contributed by atoms with van der Waals surface area (Å²) in [6, 6.07) is 6.27. The lowest BCUT2D eigenvalue weighted by Gasteiger charge is -2.05. The summed E-state index contributed by atoms with van der Waals surface area (Å²) in [5, 5.41) is 0. The van der Waals surface area contributed by atoms with Crippen LogP contribution in [-0.2, 0) is 13.0 Å². The normalized spacial score (nSPS) is 11.2. The molecule has 0 unspecified atom stereocenters. The Balaban J connectivity index is 2.34. The zero-order valence-corrected chi connectivity index (χ0v) is 12.3. The van der Waals surface area contributed by atoms with E-state index in [1.54, 1.807) is 0 Å². The molecule has 1 aromatic carbocycles. The van der Waals surface area contributed by atoms with Crippen LogP contribution in [0.15, 0.2) is 22.7 Å². The highest BCUT2D eigenvalue weighted by Crippen LogP contribution is 2.21. The van der Waals surface area contributed by atoms with Crippen LogP contribution in [0.2, 0.25) is 0 Å². The van der Waals surface area contributed by atoms with Crippen molar-refractivity contribution in [3.8, 4) is 0 Å². The third kappa shape index (κ3) is 2.83. The van der Waals surface area contributed by atoms with Crippen LogP contribution in [0.3, 0.4) is 0 Å². The lowest BCUT2D eigenvalue weighted by molar-refractivity contribution is 0.677. The number of fused-ring (bicyclic) bond motifs is 1. The van der Waals surface area contributed by atoms with Crippen molar-refractivity contribution in [1.29, 1.82) is 0 Å². The number of alkyl halides is 1. The molecule has 92 valence electrons. The molecule has 1 aromatic heterocycles. The summed E-state index contributed by atoms with van der Waals surface area (Å²) in [6.45, 7) is 3.13. The molecule has 0 atom stereocenters. The van der Waals surface area contributed by atoms with Crippen molar-refractivity contribution in [3.63, 3.8) is 0 Å². The molecular weight excluding hydrogens is 300 g/mol. The molecule has 0 radical (unpaired) electrons. The maximum atomic E-state index is 5.71. The van der Waals surface area contributed by atoms with Gasteiger partial charge in [0.15, 0.2) is 0 Å². The highest BCUT2D eigenvalue weighted by Gasteiger charge is 2.09. The fourth-order valence-electron chi connectivity index (χ4n) is 2.07. The fourth-order valence-corrected chi connectivity index (χ4v) is 2.61. The van der Waals surface area contributed by atoms with Crippen LogP contribution in [0.4, 0.5) is 0 Å². The number of imidazole rings is 1. The molecule has 0 saturated carbocycles. The Morgan fingerprint density at radius 3 is 2.88 bits per heavy atom. The molecule has 2 rings (SSSR count). The highest BCUT2D eigenvalue weighted by atomic mass is 79.9. The predicted octanol–water partition coefficient (Wildman–Crippen LogP) is 4.38. The van der Waals surface area contributed by atoms with Gasteiger partial charge in [-0.25, -0.2) is 4.98 Å². The number of benzene rings is 1. The van der Waals surface area contributed by atoms with Gasteiger partial charge in [-0.05, 0) is 38.0 Å². The number of unbranched alkanes of at least 4 members (excludes halogenated alkanes) is 1. The first kappa shape index (κ1) is 12.9. The topological polar surface area (TPSA) is 17.8 Å². The summed E-state index contributed by atoms with van der Waals surface area (Å²) in [6.07, 6.45) is 3.17.